The SMILES string of the molecule is C=CC(=O)OCCC(C)=C(NC)C(=O)OCC. The standard InChI is InChI=1S/C12H19NO4/c1-5-10(14)17-8-7-9(3)11(13-4)12(15)16-6-2/h5,13H,1,6-8H2,2-4H3. The Labute approximate surface area is 101 Å². The van der Waals surface area contributed by atoms with Crippen LogP contribution in [0.15, 0.2) is 23.9 Å². The average molecular weight is 241 g/mol. The van der Waals surface area contributed by atoms with Crippen molar-refractivity contribution in [2.24, 2.45) is 0 Å². The number of nitrogens with one attached hydrogen (secondary N) is 1. The van der Waals surface area contributed by atoms with E-state index in [2.05, 4.69) is 11.9 Å². The summed E-state index contributed by atoms with van der Waals surface area (Å²) in [5, 5.41) is 2.78. The van der Waals surface area contributed by atoms with Crippen molar-refractivity contribution in [3.8, 4) is 0 Å². The molecule has 0 unspecified atom stereocenters. The fourth-order valence-electron chi connectivity index (χ4n) is 1.18. The molecule has 0 spiro atoms. The number of hydrogen-bond acceptors (Lipinski definition) is 5. The summed E-state index contributed by atoms with van der Waals surface area (Å²) in [5.41, 5.74) is 1.18. The molecule has 0 aliphatic carbocycles. The first-order chi connectivity index (χ1) is 8.06. The van der Waals surface area contributed by atoms with Crippen molar-refractivity contribution in [1.29, 1.82) is 0 Å². The molecule has 1 N–H and O–H groups in total. The lowest BCUT2D eigenvalue weighted by molar-refractivity contribution is -0.139. The lowest BCUT2D eigenvalue weighted by Gasteiger charge is -2.10. The van der Waals surface area contributed by atoms with Crippen molar-refractivity contribution in [2.75, 3.05) is 20.3 Å². The number of carbonyl (C=O) groups excluding carboxylic acids is 2. The Kier molecular flexibility index (Phi) is 7.50. The van der Waals surface area contributed by atoms with Gasteiger partial charge in [0.15, 0.2) is 0 Å². The molecule has 0 rings (SSSR count). The third kappa shape index (κ3) is 5.75. The molecule has 0 aromatic rings. The van der Waals surface area contributed by atoms with Crippen LogP contribution in [0.5, 0.6) is 0 Å². The molecule has 0 atom stereocenters. The summed E-state index contributed by atoms with van der Waals surface area (Å²) in [6.07, 6.45) is 1.57. The highest BCUT2D eigenvalue weighted by atomic mass is 16.5. The molecule has 0 amide bonds. The monoisotopic (exact) mass is 241 g/mol. The normalized spacial score (nSPS) is 11.2. The predicted octanol–water partition coefficient (Wildman–Crippen LogP) is 1.16. The van der Waals surface area contributed by atoms with Crippen LogP contribution < -0.4 is 5.32 Å². The zero-order valence-corrected chi connectivity index (χ0v) is 10.5. The second-order valence-electron chi connectivity index (χ2n) is 3.25. The lowest BCUT2D eigenvalue weighted by Crippen LogP contribution is -2.21. The van der Waals surface area contributed by atoms with Gasteiger partial charge in [-0.25, -0.2) is 9.59 Å². The van der Waals surface area contributed by atoms with E-state index >= 15 is 0 Å². The Bertz CT molecular complexity index is 320. The van der Waals surface area contributed by atoms with Crippen molar-refractivity contribution in [1.82, 2.24) is 5.32 Å². The molecule has 0 aliphatic heterocycles. The van der Waals surface area contributed by atoms with Gasteiger partial charge in [-0.15, -0.1) is 0 Å². The molecule has 0 aliphatic rings. The van der Waals surface area contributed by atoms with Gasteiger partial charge in [-0.3, -0.25) is 0 Å². The highest BCUT2D eigenvalue weighted by Gasteiger charge is 2.12. The molecule has 5 nitrogen and oxygen atoms in total. The summed E-state index contributed by atoms with van der Waals surface area (Å²) in [4.78, 5) is 22.3. The third-order valence-electron chi connectivity index (χ3n) is 2.04. The molecule has 96 valence electrons. The first-order valence-electron chi connectivity index (χ1n) is 5.40. The van der Waals surface area contributed by atoms with Gasteiger partial charge in [-0.2, -0.15) is 0 Å². The molecule has 0 heterocycles. The largest absolute Gasteiger partial charge is 0.462 e. The fourth-order valence-corrected chi connectivity index (χ4v) is 1.18. The van der Waals surface area contributed by atoms with Gasteiger partial charge >= 0.3 is 11.9 Å². The molecule has 5 heteroatoms. The van der Waals surface area contributed by atoms with Crippen LogP contribution in [0.4, 0.5) is 0 Å². The van der Waals surface area contributed by atoms with E-state index < -0.39 is 11.9 Å². The molecule has 0 saturated heterocycles. The molecule has 0 radical (unpaired) electrons. The van der Waals surface area contributed by atoms with Crippen molar-refractivity contribution in [2.45, 2.75) is 20.3 Å². The summed E-state index contributed by atoms with van der Waals surface area (Å²) < 4.78 is 9.71. The Balaban J connectivity index is 4.38. The second-order valence-corrected chi connectivity index (χ2v) is 3.25. The van der Waals surface area contributed by atoms with Crippen molar-refractivity contribution >= 4 is 11.9 Å². The maximum Gasteiger partial charge on any atom is 0.354 e. The Morgan fingerprint density at radius 3 is 2.47 bits per heavy atom. The van der Waals surface area contributed by atoms with Crippen LogP contribution in [0.3, 0.4) is 0 Å². The molecular weight excluding hydrogens is 222 g/mol. The van der Waals surface area contributed by atoms with E-state index in [9.17, 15) is 9.59 Å². The molecule has 17 heavy (non-hydrogen) atoms. The molecule has 0 bridgehead atoms. The van der Waals surface area contributed by atoms with Gasteiger partial charge in [0.25, 0.3) is 0 Å². The van der Waals surface area contributed by atoms with E-state index in [1.165, 1.54) is 0 Å². The highest BCUT2D eigenvalue weighted by Crippen LogP contribution is 2.07. The first kappa shape index (κ1) is 15.2. The summed E-state index contributed by atoms with van der Waals surface area (Å²) in [6.45, 7) is 7.35. The van der Waals surface area contributed by atoms with E-state index in [0.29, 0.717) is 18.7 Å². The summed E-state index contributed by atoms with van der Waals surface area (Å²) >= 11 is 0. The van der Waals surface area contributed by atoms with Crippen LogP contribution in [0.1, 0.15) is 20.3 Å². The van der Waals surface area contributed by atoms with Gasteiger partial charge in [0.05, 0.1) is 13.2 Å². The minimum Gasteiger partial charge on any atom is -0.462 e. The summed E-state index contributed by atoms with van der Waals surface area (Å²) in [6, 6.07) is 0. The van der Waals surface area contributed by atoms with Crippen LogP contribution >= 0.6 is 0 Å². The lowest BCUT2D eigenvalue weighted by atomic mass is 10.1. The van der Waals surface area contributed by atoms with E-state index in [1.54, 1.807) is 20.9 Å². The maximum absolute atomic E-state index is 11.5. The number of likely N-dealkylation sites (N-methyl/N-ethyl adjacent to an activating group) is 1. The third-order valence-corrected chi connectivity index (χ3v) is 2.04. The zero-order chi connectivity index (χ0) is 13.3. The Hall–Kier alpha value is -1.78. The zero-order valence-electron chi connectivity index (χ0n) is 10.5. The first-order valence-corrected chi connectivity index (χ1v) is 5.40. The fraction of sp³-hybridized carbons (Fsp3) is 0.500. The molecule has 0 fully saturated rings. The van der Waals surface area contributed by atoms with E-state index in [-0.39, 0.29) is 6.61 Å². The van der Waals surface area contributed by atoms with E-state index in [0.717, 1.165) is 11.6 Å². The van der Waals surface area contributed by atoms with Gasteiger partial charge in [0.2, 0.25) is 0 Å². The van der Waals surface area contributed by atoms with Crippen molar-refractivity contribution < 1.29 is 19.1 Å². The van der Waals surface area contributed by atoms with Crippen LogP contribution in [-0.4, -0.2) is 32.2 Å². The number of rotatable bonds is 7. The maximum atomic E-state index is 11.5. The molecule has 0 aromatic heterocycles. The summed E-state index contributed by atoms with van der Waals surface area (Å²) in [5.74, 6) is -0.873. The Morgan fingerprint density at radius 1 is 1.35 bits per heavy atom. The number of ether oxygens (including phenoxy) is 2. The van der Waals surface area contributed by atoms with Crippen LogP contribution in [0.25, 0.3) is 0 Å². The van der Waals surface area contributed by atoms with Crippen LogP contribution in [0.2, 0.25) is 0 Å². The van der Waals surface area contributed by atoms with Crippen LogP contribution in [0, 0.1) is 0 Å². The van der Waals surface area contributed by atoms with Gasteiger partial charge in [0.1, 0.15) is 5.70 Å². The van der Waals surface area contributed by atoms with Crippen LogP contribution in [-0.2, 0) is 19.1 Å². The van der Waals surface area contributed by atoms with E-state index in [4.69, 9.17) is 9.47 Å². The minimum absolute atomic E-state index is 0.210. The smallest absolute Gasteiger partial charge is 0.354 e. The average Bonchev–Trinajstić information content (AvgIpc) is 2.30. The topological polar surface area (TPSA) is 64.6 Å². The molecule has 0 aromatic carbocycles. The molecule has 0 saturated carbocycles. The van der Waals surface area contributed by atoms with Crippen molar-refractivity contribution in [3.63, 3.8) is 0 Å². The second kappa shape index (κ2) is 8.38. The van der Waals surface area contributed by atoms with Gasteiger partial charge in [-0.1, -0.05) is 6.58 Å². The van der Waals surface area contributed by atoms with Gasteiger partial charge in [-0.05, 0) is 19.4 Å². The summed E-state index contributed by atoms with van der Waals surface area (Å²) in [7, 11) is 1.64. The quantitative estimate of drug-likeness (QED) is 0.535. The number of carbonyl (C=O) groups is 2. The minimum atomic E-state index is -0.472. The molecular formula is C12H19NO4. The Morgan fingerprint density at radius 2 is 2.00 bits per heavy atom. The van der Waals surface area contributed by atoms with Gasteiger partial charge < -0.3 is 14.8 Å². The van der Waals surface area contributed by atoms with Crippen molar-refractivity contribution in [3.05, 3.63) is 23.9 Å². The predicted molar refractivity (Wildman–Crippen MR) is 64.2 cm³/mol. The van der Waals surface area contributed by atoms with E-state index in [1.807, 2.05) is 0 Å². The number of hydrogen-bond donors (Lipinski definition) is 1. The highest BCUT2D eigenvalue weighted by molar-refractivity contribution is 5.88. The van der Waals surface area contributed by atoms with Gasteiger partial charge in [0, 0.05) is 19.5 Å². The number of esters is 2.